The molecule has 0 spiro atoms. The van der Waals surface area contributed by atoms with Crippen LogP contribution in [-0.4, -0.2) is 30.6 Å². The SMILES string of the molecule is CC(C)n1cnnc1-c1cccc(NC(=O)c2c[nH]c3ccc(F)cc23)n1. The van der Waals surface area contributed by atoms with Crippen LogP contribution in [0.5, 0.6) is 0 Å². The number of anilines is 1. The van der Waals surface area contributed by atoms with Gasteiger partial charge in [-0.15, -0.1) is 10.2 Å². The highest BCUT2D eigenvalue weighted by atomic mass is 19.1. The highest BCUT2D eigenvalue weighted by Gasteiger charge is 2.15. The van der Waals surface area contributed by atoms with Gasteiger partial charge in [-0.3, -0.25) is 4.79 Å². The minimum Gasteiger partial charge on any atom is -0.360 e. The van der Waals surface area contributed by atoms with Crippen molar-refractivity contribution in [2.75, 3.05) is 5.32 Å². The number of fused-ring (bicyclic) bond motifs is 1. The Labute approximate surface area is 154 Å². The Morgan fingerprint density at radius 2 is 2.11 bits per heavy atom. The molecular formula is C19H17FN6O. The first-order valence-electron chi connectivity index (χ1n) is 8.48. The summed E-state index contributed by atoms with van der Waals surface area (Å²) in [5, 5.41) is 11.3. The number of hydrogen-bond acceptors (Lipinski definition) is 4. The molecule has 0 aliphatic rings. The number of aromatic amines is 1. The second-order valence-corrected chi connectivity index (χ2v) is 6.41. The van der Waals surface area contributed by atoms with Gasteiger partial charge in [-0.25, -0.2) is 9.37 Å². The fourth-order valence-electron chi connectivity index (χ4n) is 2.90. The molecule has 0 aliphatic carbocycles. The molecule has 0 aliphatic heterocycles. The van der Waals surface area contributed by atoms with Gasteiger partial charge in [-0.1, -0.05) is 6.07 Å². The van der Waals surface area contributed by atoms with Gasteiger partial charge in [0.2, 0.25) is 0 Å². The maximum atomic E-state index is 13.5. The van der Waals surface area contributed by atoms with Crippen molar-refractivity contribution in [3.05, 3.63) is 60.3 Å². The number of nitrogens with zero attached hydrogens (tertiary/aromatic N) is 4. The molecule has 1 amide bonds. The van der Waals surface area contributed by atoms with E-state index in [9.17, 15) is 9.18 Å². The van der Waals surface area contributed by atoms with E-state index in [0.717, 1.165) is 0 Å². The standard InChI is InChI=1S/C19H17FN6O/c1-11(2)26-10-22-25-18(26)16-4-3-5-17(23-16)24-19(27)14-9-21-15-7-6-12(20)8-13(14)15/h3-11,21H,1-2H3,(H,23,24,27). The van der Waals surface area contributed by atoms with Gasteiger partial charge in [-0.2, -0.15) is 0 Å². The van der Waals surface area contributed by atoms with Crippen molar-refractivity contribution >= 4 is 22.6 Å². The lowest BCUT2D eigenvalue weighted by molar-refractivity contribution is 0.102. The van der Waals surface area contributed by atoms with Crippen molar-refractivity contribution in [1.29, 1.82) is 0 Å². The average molecular weight is 364 g/mol. The number of aromatic nitrogens is 5. The predicted molar refractivity (Wildman–Crippen MR) is 99.8 cm³/mol. The molecule has 0 atom stereocenters. The quantitative estimate of drug-likeness (QED) is 0.577. The van der Waals surface area contributed by atoms with Crippen molar-refractivity contribution in [1.82, 2.24) is 24.7 Å². The van der Waals surface area contributed by atoms with Gasteiger partial charge in [0.1, 0.15) is 23.7 Å². The number of amides is 1. The zero-order chi connectivity index (χ0) is 19.0. The Morgan fingerprint density at radius 1 is 1.26 bits per heavy atom. The van der Waals surface area contributed by atoms with Crippen LogP contribution in [0.25, 0.3) is 22.4 Å². The van der Waals surface area contributed by atoms with E-state index < -0.39 is 5.82 Å². The van der Waals surface area contributed by atoms with Gasteiger partial charge in [0.05, 0.1) is 5.56 Å². The zero-order valence-corrected chi connectivity index (χ0v) is 14.8. The summed E-state index contributed by atoms with van der Waals surface area (Å²) < 4.78 is 15.4. The third-order valence-electron chi connectivity index (χ3n) is 4.24. The molecule has 1 aromatic carbocycles. The number of halogens is 1. The molecule has 27 heavy (non-hydrogen) atoms. The third kappa shape index (κ3) is 3.17. The van der Waals surface area contributed by atoms with Gasteiger partial charge in [0.25, 0.3) is 5.91 Å². The highest BCUT2D eigenvalue weighted by molar-refractivity contribution is 6.12. The molecule has 136 valence electrons. The van der Waals surface area contributed by atoms with Gasteiger partial charge < -0.3 is 14.9 Å². The number of H-pyrrole nitrogens is 1. The molecule has 0 unspecified atom stereocenters. The number of nitrogens with one attached hydrogen (secondary N) is 2. The normalized spacial score (nSPS) is 11.3. The summed E-state index contributed by atoms with van der Waals surface area (Å²) in [6.07, 6.45) is 3.20. The molecule has 0 saturated heterocycles. The van der Waals surface area contributed by atoms with E-state index in [1.807, 2.05) is 18.4 Å². The average Bonchev–Trinajstić information content (AvgIpc) is 3.28. The first-order valence-corrected chi connectivity index (χ1v) is 8.48. The lowest BCUT2D eigenvalue weighted by Gasteiger charge is -2.10. The van der Waals surface area contributed by atoms with Crippen LogP contribution in [0.4, 0.5) is 10.2 Å². The smallest absolute Gasteiger partial charge is 0.258 e. The number of pyridine rings is 1. The van der Waals surface area contributed by atoms with Gasteiger partial charge >= 0.3 is 0 Å². The van der Waals surface area contributed by atoms with E-state index in [0.29, 0.717) is 33.8 Å². The van der Waals surface area contributed by atoms with Crippen LogP contribution in [0.15, 0.2) is 48.9 Å². The molecular weight excluding hydrogens is 347 g/mol. The van der Waals surface area contributed by atoms with Crippen molar-refractivity contribution in [2.45, 2.75) is 19.9 Å². The van der Waals surface area contributed by atoms with Crippen LogP contribution in [-0.2, 0) is 0 Å². The minimum absolute atomic E-state index is 0.177. The molecule has 0 saturated carbocycles. The zero-order valence-electron chi connectivity index (χ0n) is 14.8. The summed E-state index contributed by atoms with van der Waals surface area (Å²) >= 11 is 0. The van der Waals surface area contributed by atoms with E-state index in [1.54, 1.807) is 36.8 Å². The molecule has 3 heterocycles. The van der Waals surface area contributed by atoms with E-state index in [2.05, 4.69) is 25.5 Å². The summed E-state index contributed by atoms with van der Waals surface area (Å²) in [7, 11) is 0. The molecule has 0 fully saturated rings. The Kier molecular flexibility index (Phi) is 4.15. The Hall–Kier alpha value is -3.55. The molecule has 4 rings (SSSR count). The lowest BCUT2D eigenvalue weighted by atomic mass is 10.1. The summed E-state index contributed by atoms with van der Waals surface area (Å²) in [6, 6.07) is 9.72. The summed E-state index contributed by atoms with van der Waals surface area (Å²) in [5.41, 5.74) is 1.64. The van der Waals surface area contributed by atoms with Crippen LogP contribution in [0.3, 0.4) is 0 Å². The number of carbonyl (C=O) groups excluding carboxylic acids is 1. The minimum atomic E-state index is -0.399. The Balaban J connectivity index is 1.64. The Bertz CT molecular complexity index is 1130. The largest absolute Gasteiger partial charge is 0.360 e. The Morgan fingerprint density at radius 3 is 2.93 bits per heavy atom. The van der Waals surface area contributed by atoms with E-state index in [4.69, 9.17) is 0 Å². The summed E-state index contributed by atoms with van der Waals surface area (Å²) in [4.78, 5) is 20.1. The van der Waals surface area contributed by atoms with Crippen LogP contribution < -0.4 is 5.32 Å². The van der Waals surface area contributed by atoms with Crippen LogP contribution in [0, 0.1) is 5.82 Å². The van der Waals surface area contributed by atoms with Crippen molar-refractivity contribution in [2.24, 2.45) is 0 Å². The van der Waals surface area contributed by atoms with Crippen LogP contribution in [0.2, 0.25) is 0 Å². The number of carbonyl (C=O) groups is 1. The topological polar surface area (TPSA) is 88.5 Å². The van der Waals surface area contributed by atoms with Gasteiger partial charge in [0, 0.05) is 23.1 Å². The molecule has 0 bridgehead atoms. The van der Waals surface area contributed by atoms with E-state index in [-0.39, 0.29) is 11.9 Å². The molecule has 3 aromatic heterocycles. The summed E-state index contributed by atoms with van der Waals surface area (Å²) in [5.74, 6) is 0.225. The predicted octanol–water partition coefficient (Wildman–Crippen LogP) is 3.79. The second-order valence-electron chi connectivity index (χ2n) is 6.41. The first-order chi connectivity index (χ1) is 13.0. The van der Waals surface area contributed by atoms with Crippen molar-refractivity contribution < 1.29 is 9.18 Å². The lowest BCUT2D eigenvalue weighted by Crippen LogP contribution is -2.13. The van der Waals surface area contributed by atoms with Crippen molar-refractivity contribution in [3.63, 3.8) is 0 Å². The molecule has 7 nitrogen and oxygen atoms in total. The maximum Gasteiger partial charge on any atom is 0.258 e. The van der Waals surface area contributed by atoms with Crippen molar-refractivity contribution in [3.8, 4) is 11.5 Å². The van der Waals surface area contributed by atoms with Gasteiger partial charge in [0.15, 0.2) is 5.82 Å². The molecule has 4 aromatic rings. The third-order valence-corrected chi connectivity index (χ3v) is 4.24. The molecule has 8 heteroatoms. The molecule has 2 N–H and O–H groups in total. The molecule has 0 radical (unpaired) electrons. The number of benzene rings is 1. The second kappa shape index (κ2) is 6.64. The van der Waals surface area contributed by atoms with Gasteiger partial charge in [-0.05, 0) is 44.2 Å². The van der Waals surface area contributed by atoms with Crippen LogP contribution in [0.1, 0.15) is 30.2 Å². The maximum absolute atomic E-state index is 13.5. The highest BCUT2D eigenvalue weighted by Crippen LogP contribution is 2.22. The first kappa shape index (κ1) is 16.9. The van der Waals surface area contributed by atoms with E-state index >= 15 is 0 Å². The summed E-state index contributed by atoms with van der Waals surface area (Å²) in [6.45, 7) is 4.04. The van der Waals surface area contributed by atoms with E-state index in [1.165, 1.54) is 12.1 Å². The fraction of sp³-hybridized carbons (Fsp3) is 0.158. The fourth-order valence-corrected chi connectivity index (χ4v) is 2.90. The monoisotopic (exact) mass is 364 g/mol. The number of rotatable bonds is 4. The van der Waals surface area contributed by atoms with Crippen LogP contribution >= 0.6 is 0 Å². The number of hydrogen-bond donors (Lipinski definition) is 2.